The Morgan fingerprint density at radius 3 is 2.19 bits per heavy atom. The highest BCUT2D eigenvalue weighted by molar-refractivity contribution is 7.76. The number of rotatable bonds is 10. The third-order valence-electron chi connectivity index (χ3n) is 6.35. The van der Waals surface area contributed by atoms with Gasteiger partial charge in [0.05, 0.1) is 7.11 Å². The highest BCUT2D eigenvalue weighted by atomic mass is 31.2. The first-order chi connectivity index (χ1) is 15.2. The van der Waals surface area contributed by atoms with Crippen LogP contribution in [0.1, 0.15) is 44.2 Å². The molecule has 0 spiro atoms. The monoisotopic (exact) mass is 433 g/mol. The molecule has 1 aliphatic carbocycles. The molecular formula is C27H32NO2P. The van der Waals surface area contributed by atoms with E-state index in [0.29, 0.717) is 11.8 Å². The van der Waals surface area contributed by atoms with Crippen molar-refractivity contribution in [3.63, 3.8) is 0 Å². The van der Waals surface area contributed by atoms with E-state index < -0.39 is 7.29 Å². The lowest BCUT2D eigenvalue weighted by Crippen LogP contribution is -2.32. The zero-order chi connectivity index (χ0) is 21.7. The first kappa shape index (κ1) is 21.9. The summed E-state index contributed by atoms with van der Waals surface area (Å²) in [7, 11) is -1.33. The second kappa shape index (κ2) is 9.85. The zero-order valence-corrected chi connectivity index (χ0v) is 19.3. The van der Waals surface area contributed by atoms with Gasteiger partial charge in [-0.3, -0.25) is 9.65 Å². The fraction of sp³-hybridized carbons (Fsp3) is 0.333. The van der Waals surface area contributed by atoms with Crippen LogP contribution in [0.5, 0.6) is 5.75 Å². The molecule has 1 saturated carbocycles. The van der Waals surface area contributed by atoms with E-state index >= 15 is 0 Å². The lowest BCUT2D eigenvalue weighted by Gasteiger charge is -2.28. The topological polar surface area (TPSA) is 38.3 Å². The fourth-order valence-electron chi connectivity index (χ4n) is 4.50. The van der Waals surface area contributed by atoms with E-state index in [0.717, 1.165) is 21.9 Å². The first-order valence-corrected chi connectivity index (χ1v) is 13.0. The van der Waals surface area contributed by atoms with Gasteiger partial charge in [-0.05, 0) is 60.2 Å². The number of methoxy groups -OCH3 is 1. The van der Waals surface area contributed by atoms with Crippen molar-refractivity contribution < 1.29 is 9.30 Å². The van der Waals surface area contributed by atoms with Crippen LogP contribution in [0.25, 0.3) is 0 Å². The van der Waals surface area contributed by atoms with Crippen molar-refractivity contribution in [2.24, 2.45) is 11.8 Å². The van der Waals surface area contributed by atoms with Crippen molar-refractivity contribution in [3.05, 3.63) is 90.5 Å². The summed E-state index contributed by atoms with van der Waals surface area (Å²) in [6.07, 6.45) is 4.89. The number of hydrogen-bond donors (Lipinski definition) is 1. The van der Waals surface area contributed by atoms with Gasteiger partial charge in [-0.1, -0.05) is 74.7 Å². The van der Waals surface area contributed by atoms with Crippen LogP contribution < -0.4 is 20.4 Å². The molecule has 1 N–H and O–H groups in total. The van der Waals surface area contributed by atoms with Gasteiger partial charge in [0.25, 0.3) is 0 Å². The Morgan fingerprint density at radius 2 is 1.61 bits per heavy atom. The van der Waals surface area contributed by atoms with E-state index in [1.54, 1.807) is 7.11 Å². The molecule has 0 aromatic heterocycles. The molecule has 3 aromatic carbocycles. The Bertz CT molecular complexity index is 978. The molecule has 3 nitrogen and oxygen atoms in total. The van der Waals surface area contributed by atoms with Gasteiger partial charge in [-0.2, -0.15) is 0 Å². The van der Waals surface area contributed by atoms with Crippen molar-refractivity contribution in [3.8, 4) is 5.75 Å². The SMILES string of the molecule is CCCC[C@@H]1C[C@@H]1[C@@H](NP(=O)(c1ccccc1)c1ccccc1)c1cccc(OC)c1. The van der Waals surface area contributed by atoms with Crippen LogP contribution in [-0.4, -0.2) is 7.11 Å². The first-order valence-electron chi connectivity index (χ1n) is 11.3. The second-order valence-electron chi connectivity index (χ2n) is 8.47. The van der Waals surface area contributed by atoms with Crippen LogP contribution in [-0.2, 0) is 4.57 Å². The van der Waals surface area contributed by atoms with Crippen molar-refractivity contribution >= 4 is 17.9 Å². The van der Waals surface area contributed by atoms with Crippen molar-refractivity contribution in [2.75, 3.05) is 7.11 Å². The summed E-state index contributed by atoms with van der Waals surface area (Å²) < 4.78 is 20.2. The van der Waals surface area contributed by atoms with Crippen LogP contribution in [0.2, 0.25) is 0 Å². The summed E-state index contributed by atoms with van der Waals surface area (Å²) >= 11 is 0. The molecule has 0 bridgehead atoms. The Balaban J connectivity index is 1.73. The van der Waals surface area contributed by atoms with Crippen LogP contribution in [0, 0.1) is 11.8 Å². The molecule has 31 heavy (non-hydrogen) atoms. The van der Waals surface area contributed by atoms with Gasteiger partial charge in [0, 0.05) is 16.7 Å². The molecule has 1 fully saturated rings. The van der Waals surface area contributed by atoms with Crippen LogP contribution in [0.4, 0.5) is 0 Å². The fourth-order valence-corrected chi connectivity index (χ4v) is 7.01. The maximum Gasteiger partial charge on any atom is 0.205 e. The molecule has 0 saturated heterocycles. The Hall–Kier alpha value is -2.35. The van der Waals surface area contributed by atoms with E-state index in [1.165, 1.54) is 25.7 Å². The van der Waals surface area contributed by atoms with Crippen molar-refractivity contribution in [2.45, 2.75) is 38.6 Å². The maximum atomic E-state index is 14.7. The molecule has 4 heteroatoms. The van der Waals surface area contributed by atoms with Gasteiger partial charge in [0.15, 0.2) is 0 Å². The molecule has 4 rings (SSSR count). The largest absolute Gasteiger partial charge is 0.497 e. The minimum atomic E-state index is -3.03. The third-order valence-corrected chi connectivity index (χ3v) is 9.04. The highest BCUT2D eigenvalue weighted by Crippen LogP contribution is 2.54. The summed E-state index contributed by atoms with van der Waals surface area (Å²) in [6, 6.07) is 28.0. The Morgan fingerprint density at radius 1 is 0.968 bits per heavy atom. The van der Waals surface area contributed by atoms with E-state index in [2.05, 4.69) is 24.1 Å². The summed E-state index contributed by atoms with van der Waals surface area (Å²) in [5.41, 5.74) is 1.15. The van der Waals surface area contributed by atoms with Gasteiger partial charge < -0.3 is 4.74 Å². The summed E-state index contributed by atoms with van der Waals surface area (Å²) in [4.78, 5) is 0. The average molecular weight is 434 g/mol. The van der Waals surface area contributed by atoms with Gasteiger partial charge >= 0.3 is 0 Å². The molecule has 0 heterocycles. The van der Waals surface area contributed by atoms with Gasteiger partial charge in [-0.25, -0.2) is 0 Å². The molecule has 3 atom stereocenters. The molecule has 162 valence electrons. The average Bonchev–Trinajstić information content (AvgIpc) is 3.61. The number of hydrogen-bond acceptors (Lipinski definition) is 2. The van der Waals surface area contributed by atoms with Crippen LogP contribution in [0.3, 0.4) is 0 Å². The normalized spacial score (nSPS) is 19.0. The second-order valence-corrected chi connectivity index (χ2v) is 11.0. The number of nitrogens with one attached hydrogen (secondary N) is 1. The van der Waals surface area contributed by atoms with E-state index in [1.807, 2.05) is 72.8 Å². The Labute approximate surface area is 186 Å². The predicted octanol–water partition coefficient (Wildman–Crippen LogP) is 6.08. The lowest BCUT2D eigenvalue weighted by atomic mass is 10.0. The molecule has 3 aromatic rings. The summed E-state index contributed by atoms with van der Waals surface area (Å²) in [5.74, 6) is 2.01. The molecule has 0 radical (unpaired) electrons. The third kappa shape index (κ3) is 4.95. The highest BCUT2D eigenvalue weighted by Gasteiger charge is 2.45. The molecular weight excluding hydrogens is 401 g/mol. The van der Waals surface area contributed by atoms with Crippen molar-refractivity contribution in [1.29, 1.82) is 0 Å². The zero-order valence-electron chi connectivity index (χ0n) is 18.4. The standard InChI is InChI=1S/C27H32NO2P/c1-3-4-12-21-20-26(21)27(22-13-11-14-23(19-22)30-2)28-31(29,24-15-7-5-8-16-24)25-17-9-6-10-18-25/h5-11,13-19,21,26-27H,3-4,12,20H2,1-2H3,(H,28,29)/t21-,26+,27+/m1/s1. The molecule has 0 amide bonds. The van der Waals surface area contributed by atoms with Gasteiger partial charge in [0.2, 0.25) is 7.29 Å². The van der Waals surface area contributed by atoms with Gasteiger partial charge in [0.1, 0.15) is 5.75 Å². The van der Waals surface area contributed by atoms with Crippen molar-refractivity contribution in [1.82, 2.24) is 5.09 Å². The number of benzene rings is 3. The molecule has 1 aliphatic rings. The smallest absolute Gasteiger partial charge is 0.205 e. The minimum Gasteiger partial charge on any atom is -0.497 e. The predicted molar refractivity (Wildman–Crippen MR) is 130 cm³/mol. The van der Waals surface area contributed by atoms with E-state index in [4.69, 9.17) is 4.74 Å². The Kier molecular flexibility index (Phi) is 6.95. The lowest BCUT2D eigenvalue weighted by molar-refractivity contribution is 0.412. The van der Waals surface area contributed by atoms with E-state index in [9.17, 15) is 4.57 Å². The number of unbranched alkanes of at least 4 members (excludes halogenated alkanes) is 1. The summed E-state index contributed by atoms with van der Waals surface area (Å²) in [5, 5.41) is 5.39. The van der Waals surface area contributed by atoms with Crippen LogP contribution >= 0.6 is 7.29 Å². The quantitative estimate of drug-likeness (QED) is 0.394. The van der Waals surface area contributed by atoms with Gasteiger partial charge in [-0.15, -0.1) is 0 Å². The number of ether oxygens (including phenoxy) is 1. The summed E-state index contributed by atoms with van der Waals surface area (Å²) in [6.45, 7) is 2.24. The molecule has 0 unspecified atom stereocenters. The van der Waals surface area contributed by atoms with E-state index in [-0.39, 0.29) is 6.04 Å². The minimum absolute atomic E-state index is 0.0169. The molecule has 0 aliphatic heterocycles. The van der Waals surface area contributed by atoms with Crippen LogP contribution in [0.15, 0.2) is 84.9 Å². The maximum absolute atomic E-state index is 14.7.